The van der Waals surface area contributed by atoms with Gasteiger partial charge >= 0.3 is 0 Å². The highest BCUT2D eigenvalue weighted by atomic mass is 35.5. The number of benzene rings is 1. The topological polar surface area (TPSA) is 64.3 Å². The number of amides is 1. The summed E-state index contributed by atoms with van der Waals surface area (Å²) in [5, 5.41) is 3.01. The van der Waals surface area contributed by atoms with E-state index in [4.69, 9.17) is 10.5 Å². The summed E-state index contributed by atoms with van der Waals surface area (Å²) in [6.45, 7) is 5.81. The lowest BCUT2D eigenvalue weighted by Crippen LogP contribution is -2.36. The predicted molar refractivity (Wildman–Crippen MR) is 90.9 cm³/mol. The van der Waals surface area contributed by atoms with Gasteiger partial charge in [-0.05, 0) is 17.9 Å². The lowest BCUT2D eigenvalue weighted by molar-refractivity contribution is -0.121. The third-order valence-electron chi connectivity index (χ3n) is 4.12. The number of carbonyl (C=O) groups is 1. The summed E-state index contributed by atoms with van der Waals surface area (Å²) in [6.07, 6.45) is 1.60. The molecule has 4 nitrogen and oxygen atoms in total. The van der Waals surface area contributed by atoms with E-state index >= 15 is 0 Å². The van der Waals surface area contributed by atoms with E-state index in [-0.39, 0.29) is 30.5 Å². The van der Waals surface area contributed by atoms with Crippen LogP contribution in [0.2, 0.25) is 0 Å². The minimum Gasteiger partial charge on any atom is -0.378 e. The molecule has 22 heavy (non-hydrogen) atoms. The minimum atomic E-state index is -0.244. The Hall–Kier alpha value is -1.10. The second kappa shape index (κ2) is 9.13. The first-order chi connectivity index (χ1) is 10.1. The van der Waals surface area contributed by atoms with Crippen LogP contribution in [0.4, 0.5) is 0 Å². The second-order valence-corrected chi connectivity index (χ2v) is 6.15. The Morgan fingerprint density at radius 3 is 2.68 bits per heavy atom. The fraction of sp³-hybridized carbons (Fsp3) is 0.588. The van der Waals surface area contributed by atoms with Crippen molar-refractivity contribution in [2.75, 3.05) is 13.2 Å². The van der Waals surface area contributed by atoms with Crippen molar-refractivity contribution < 1.29 is 9.53 Å². The molecule has 1 aromatic rings. The number of hydrogen-bond acceptors (Lipinski definition) is 3. The van der Waals surface area contributed by atoms with E-state index in [1.54, 1.807) is 0 Å². The van der Waals surface area contributed by atoms with Crippen LogP contribution in [0.15, 0.2) is 30.3 Å². The maximum absolute atomic E-state index is 12.0. The Morgan fingerprint density at radius 1 is 1.36 bits per heavy atom. The first-order valence-electron chi connectivity index (χ1n) is 7.76. The molecule has 0 aromatic heterocycles. The van der Waals surface area contributed by atoms with Crippen molar-refractivity contribution in [3.63, 3.8) is 0 Å². The SMILES string of the molecule is CC(C)C1OCCC1CNC(=O)CC(N)c1ccccc1.Cl. The van der Waals surface area contributed by atoms with Crippen LogP contribution in [-0.2, 0) is 9.53 Å². The molecule has 3 unspecified atom stereocenters. The zero-order chi connectivity index (χ0) is 15.2. The van der Waals surface area contributed by atoms with Crippen molar-refractivity contribution in [2.24, 2.45) is 17.6 Å². The van der Waals surface area contributed by atoms with Crippen molar-refractivity contribution >= 4 is 18.3 Å². The number of carbonyl (C=O) groups excluding carboxylic acids is 1. The summed E-state index contributed by atoms with van der Waals surface area (Å²) < 4.78 is 5.73. The number of halogens is 1. The number of ether oxygens (including phenoxy) is 1. The molecule has 0 bridgehead atoms. The average molecular weight is 327 g/mol. The van der Waals surface area contributed by atoms with Gasteiger partial charge in [0.1, 0.15) is 0 Å². The number of hydrogen-bond donors (Lipinski definition) is 2. The summed E-state index contributed by atoms with van der Waals surface area (Å²) in [4.78, 5) is 12.0. The molecule has 1 aliphatic rings. The molecule has 1 heterocycles. The summed E-state index contributed by atoms with van der Waals surface area (Å²) in [7, 11) is 0. The molecule has 3 N–H and O–H groups in total. The van der Waals surface area contributed by atoms with E-state index in [0.717, 1.165) is 18.6 Å². The standard InChI is InChI=1S/C17H26N2O2.ClH/c1-12(2)17-14(8-9-21-17)11-19-16(20)10-15(18)13-6-4-3-5-7-13;/h3-7,12,14-15,17H,8-11,18H2,1-2H3,(H,19,20);1H. The van der Waals surface area contributed by atoms with Crippen LogP contribution in [0.3, 0.4) is 0 Å². The molecular formula is C17H27ClN2O2. The van der Waals surface area contributed by atoms with E-state index in [0.29, 0.717) is 24.8 Å². The Labute approximate surface area is 139 Å². The number of nitrogens with one attached hydrogen (secondary N) is 1. The zero-order valence-electron chi connectivity index (χ0n) is 13.3. The number of rotatable bonds is 6. The quantitative estimate of drug-likeness (QED) is 0.844. The average Bonchev–Trinajstić information content (AvgIpc) is 2.94. The molecule has 2 rings (SSSR count). The van der Waals surface area contributed by atoms with E-state index in [1.807, 2.05) is 30.3 Å². The molecule has 5 heteroatoms. The van der Waals surface area contributed by atoms with E-state index in [1.165, 1.54) is 0 Å². The van der Waals surface area contributed by atoms with Gasteiger partial charge in [-0.3, -0.25) is 4.79 Å². The molecule has 1 amide bonds. The van der Waals surface area contributed by atoms with Crippen LogP contribution in [-0.4, -0.2) is 25.2 Å². The van der Waals surface area contributed by atoms with E-state index in [2.05, 4.69) is 19.2 Å². The van der Waals surface area contributed by atoms with Gasteiger partial charge in [-0.25, -0.2) is 0 Å². The molecule has 1 aliphatic heterocycles. The molecule has 1 fully saturated rings. The van der Waals surface area contributed by atoms with Gasteiger partial charge in [0.2, 0.25) is 5.91 Å². The lowest BCUT2D eigenvalue weighted by atomic mass is 9.93. The number of nitrogens with two attached hydrogens (primary N) is 1. The first-order valence-corrected chi connectivity index (χ1v) is 7.76. The molecule has 124 valence electrons. The van der Waals surface area contributed by atoms with Gasteiger partial charge in [0, 0.05) is 31.5 Å². The van der Waals surface area contributed by atoms with Crippen molar-refractivity contribution in [1.82, 2.24) is 5.32 Å². The van der Waals surface area contributed by atoms with Crippen LogP contribution in [0, 0.1) is 11.8 Å². The summed E-state index contributed by atoms with van der Waals surface area (Å²) in [5.74, 6) is 0.920. The molecule has 0 spiro atoms. The fourth-order valence-electron chi connectivity index (χ4n) is 2.95. The summed E-state index contributed by atoms with van der Waals surface area (Å²) in [5.41, 5.74) is 7.07. The predicted octanol–water partition coefficient (Wildman–Crippen LogP) is 2.68. The van der Waals surface area contributed by atoms with Gasteiger partial charge in [-0.1, -0.05) is 44.2 Å². The van der Waals surface area contributed by atoms with E-state index < -0.39 is 0 Å². The van der Waals surface area contributed by atoms with Crippen molar-refractivity contribution in [3.8, 4) is 0 Å². The normalized spacial score (nSPS) is 22.2. The van der Waals surface area contributed by atoms with Crippen LogP contribution in [0.5, 0.6) is 0 Å². The summed E-state index contributed by atoms with van der Waals surface area (Å²) >= 11 is 0. The zero-order valence-corrected chi connectivity index (χ0v) is 14.1. The molecule has 1 saturated heterocycles. The maximum Gasteiger partial charge on any atom is 0.221 e. The smallest absolute Gasteiger partial charge is 0.221 e. The first kappa shape index (κ1) is 18.9. The third kappa shape index (κ3) is 5.27. The van der Waals surface area contributed by atoms with Gasteiger partial charge in [0.25, 0.3) is 0 Å². The Morgan fingerprint density at radius 2 is 2.05 bits per heavy atom. The molecular weight excluding hydrogens is 300 g/mol. The van der Waals surface area contributed by atoms with Gasteiger partial charge in [0.05, 0.1) is 6.10 Å². The van der Waals surface area contributed by atoms with Crippen molar-refractivity contribution in [2.45, 2.75) is 38.8 Å². The highest BCUT2D eigenvalue weighted by molar-refractivity contribution is 5.85. The van der Waals surface area contributed by atoms with Gasteiger partial charge in [-0.15, -0.1) is 12.4 Å². The van der Waals surface area contributed by atoms with Crippen LogP contribution in [0.1, 0.15) is 38.3 Å². The monoisotopic (exact) mass is 326 g/mol. The van der Waals surface area contributed by atoms with Crippen molar-refractivity contribution in [1.29, 1.82) is 0 Å². The Balaban J connectivity index is 0.00000242. The van der Waals surface area contributed by atoms with Crippen LogP contribution in [0.25, 0.3) is 0 Å². The van der Waals surface area contributed by atoms with Crippen LogP contribution < -0.4 is 11.1 Å². The van der Waals surface area contributed by atoms with Gasteiger partial charge in [0.15, 0.2) is 0 Å². The largest absolute Gasteiger partial charge is 0.378 e. The van der Waals surface area contributed by atoms with E-state index in [9.17, 15) is 4.79 Å². The Bertz CT molecular complexity index is 453. The van der Waals surface area contributed by atoms with Crippen molar-refractivity contribution in [3.05, 3.63) is 35.9 Å². The second-order valence-electron chi connectivity index (χ2n) is 6.15. The fourth-order valence-corrected chi connectivity index (χ4v) is 2.95. The molecule has 1 aromatic carbocycles. The molecule has 0 saturated carbocycles. The highest BCUT2D eigenvalue weighted by Crippen LogP contribution is 2.26. The van der Waals surface area contributed by atoms with Crippen LogP contribution >= 0.6 is 12.4 Å². The van der Waals surface area contributed by atoms with Gasteiger partial charge in [-0.2, -0.15) is 0 Å². The lowest BCUT2D eigenvalue weighted by Gasteiger charge is -2.22. The minimum absolute atomic E-state index is 0. The highest BCUT2D eigenvalue weighted by Gasteiger charge is 2.30. The Kier molecular flexibility index (Phi) is 7.87. The van der Waals surface area contributed by atoms with Gasteiger partial charge < -0.3 is 15.8 Å². The third-order valence-corrected chi connectivity index (χ3v) is 4.12. The molecule has 0 radical (unpaired) electrons. The molecule has 0 aliphatic carbocycles. The summed E-state index contributed by atoms with van der Waals surface area (Å²) in [6, 6.07) is 9.50. The molecule has 3 atom stereocenters. The maximum atomic E-state index is 12.0.